The van der Waals surface area contributed by atoms with E-state index in [0.717, 1.165) is 38.5 Å². The third-order valence-electron chi connectivity index (χ3n) is 8.91. The van der Waals surface area contributed by atoms with Crippen LogP contribution < -0.4 is 22.5 Å². The number of carbonyl (C=O) groups excluding carboxylic acids is 1. The number of anilines is 2. The molecule has 0 unspecified atom stereocenters. The summed E-state index contributed by atoms with van der Waals surface area (Å²) in [4.78, 5) is 26.1. The topological polar surface area (TPSA) is 270 Å². The lowest BCUT2D eigenvalue weighted by molar-refractivity contribution is 0.0677. The lowest BCUT2D eigenvalue weighted by Gasteiger charge is -2.28. The molecule has 2 atom stereocenters. The number of aliphatic imine (C=N–C) groups is 1. The van der Waals surface area contributed by atoms with E-state index in [1.165, 1.54) is 23.3 Å². The van der Waals surface area contributed by atoms with Crippen LogP contribution in [0.1, 0.15) is 81.8 Å². The number of nitrogens with two attached hydrogens (primary N) is 3. The van der Waals surface area contributed by atoms with Crippen molar-refractivity contribution in [1.29, 1.82) is 0 Å². The van der Waals surface area contributed by atoms with Gasteiger partial charge in [-0.25, -0.2) is 9.97 Å². The first-order valence-corrected chi connectivity index (χ1v) is 18.0. The molecule has 1 heterocycles. The predicted molar refractivity (Wildman–Crippen MR) is 207 cm³/mol. The normalized spacial score (nSPS) is 12.9. The van der Waals surface area contributed by atoms with Gasteiger partial charge in [0.15, 0.2) is 28.4 Å². The van der Waals surface area contributed by atoms with Crippen LogP contribution in [0.25, 0.3) is 0 Å². The zero-order valence-electron chi connectivity index (χ0n) is 29.9. The van der Waals surface area contributed by atoms with Gasteiger partial charge in [0.1, 0.15) is 11.5 Å². The number of nitrogen functional groups attached to an aromatic ring is 2. The number of phenols is 2. The first kappa shape index (κ1) is 41.7. The maximum absolute atomic E-state index is 12.4. The highest BCUT2D eigenvalue weighted by Gasteiger charge is 2.20. The fourth-order valence-corrected chi connectivity index (χ4v) is 5.96. The first-order chi connectivity index (χ1) is 25.9. The number of benzene rings is 3. The monoisotopic (exact) mass is 764 g/mol. The Morgan fingerprint density at radius 1 is 0.778 bits per heavy atom. The number of aliphatic hydroxyl groups excluding tert-OH is 4. The van der Waals surface area contributed by atoms with Gasteiger partial charge >= 0.3 is 0 Å². The Labute approximate surface area is 318 Å². The maximum atomic E-state index is 12.4. The van der Waals surface area contributed by atoms with Crippen molar-refractivity contribution >= 4 is 35.1 Å². The number of hydrogen-bond donors (Lipinski definition) is 10. The fraction of sp³-hybridized carbons (Fsp3) is 0.368. The third kappa shape index (κ3) is 12.3. The van der Waals surface area contributed by atoms with E-state index in [2.05, 4.69) is 44.5 Å². The Morgan fingerprint density at radius 2 is 1.30 bits per heavy atom. The highest BCUT2D eigenvalue weighted by Crippen LogP contribution is 2.26. The molecule has 4 aromatic rings. The summed E-state index contributed by atoms with van der Waals surface area (Å²) < 4.78 is 0. The van der Waals surface area contributed by atoms with Crippen LogP contribution in [-0.4, -0.2) is 83.6 Å². The molecule has 0 fully saturated rings. The molecule has 15 nitrogen and oxygen atoms in total. The average Bonchev–Trinajstić information content (AvgIpc) is 3.15. The molecule has 54 heavy (non-hydrogen) atoms. The van der Waals surface area contributed by atoms with Gasteiger partial charge in [0.25, 0.3) is 5.91 Å². The fourth-order valence-electron chi connectivity index (χ4n) is 5.84. The van der Waals surface area contributed by atoms with Crippen LogP contribution in [0.4, 0.5) is 11.6 Å². The predicted octanol–water partition coefficient (Wildman–Crippen LogP) is 2.85. The molecule has 0 aliphatic rings. The van der Waals surface area contributed by atoms with Crippen molar-refractivity contribution in [3.63, 3.8) is 0 Å². The molecule has 0 radical (unpaired) electrons. The lowest BCUT2D eigenvalue weighted by Crippen LogP contribution is -2.38. The summed E-state index contributed by atoms with van der Waals surface area (Å²) in [6.07, 6.45) is 3.07. The van der Waals surface area contributed by atoms with Gasteiger partial charge in [-0.05, 0) is 91.6 Å². The molecule has 16 heteroatoms. The summed E-state index contributed by atoms with van der Waals surface area (Å²) in [5.41, 5.74) is 21.0. The Morgan fingerprint density at radius 3 is 1.81 bits per heavy atom. The molecule has 0 bridgehead atoms. The highest BCUT2D eigenvalue weighted by molar-refractivity contribution is 6.31. The molecular weight excluding hydrogens is 716 g/mol. The third-order valence-corrected chi connectivity index (χ3v) is 9.19. The van der Waals surface area contributed by atoms with Crippen molar-refractivity contribution in [3.8, 4) is 11.5 Å². The Bertz CT molecular complexity index is 1820. The minimum Gasteiger partial charge on any atom is -0.508 e. The average molecular weight is 765 g/mol. The second-order valence-electron chi connectivity index (χ2n) is 13.0. The first-order valence-electron chi connectivity index (χ1n) is 17.6. The number of carbonyl (C=O) groups is 1. The lowest BCUT2D eigenvalue weighted by atomic mass is 10.0. The van der Waals surface area contributed by atoms with Gasteiger partial charge in [0, 0.05) is 30.8 Å². The van der Waals surface area contributed by atoms with Crippen molar-refractivity contribution in [2.75, 3.05) is 37.6 Å². The van der Waals surface area contributed by atoms with Crippen molar-refractivity contribution in [2.24, 2.45) is 10.7 Å². The van der Waals surface area contributed by atoms with Crippen LogP contribution in [0.5, 0.6) is 11.5 Å². The van der Waals surface area contributed by atoms with Crippen molar-refractivity contribution in [3.05, 3.63) is 105 Å². The van der Waals surface area contributed by atoms with E-state index in [1.807, 2.05) is 4.90 Å². The molecule has 0 saturated heterocycles. The molecular formula is C38H49ClN8O7. The Kier molecular flexibility index (Phi) is 15.8. The van der Waals surface area contributed by atoms with Gasteiger partial charge in [-0.2, -0.15) is 0 Å². The molecule has 290 valence electrons. The zero-order valence-corrected chi connectivity index (χ0v) is 30.7. The molecule has 13 N–H and O–H groups in total. The largest absolute Gasteiger partial charge is 0.508 e. The van der Waals surface area contributed by atoms with Crippen LogP contribution in [0.2, 0.25) is 5.15 Å². The molecule has 1 amide bonds. The summed E-state index contributed by atoms with van der Waals surface area (Å²) >= 11 is 5.83. The van der Waals surface area contributed by atoms with E-state index in [4.69, 9.17) is 28.8 Å². The number of hydrogen-bond acceptors (Lipinski definition) is 13. The highest BCUT2D eigenvalue weighted by atomic mass is 35.5. The summed E-state index contributed by atoms with van der Waals surface area (Å²) in [6.45, 7) is 0.652. The number of aromatic nitrogens is 2. The molecule has 4 rings (SSSR count). The van der Waals surface area contributed by atoms with Crippen molar-refractivity contribution in [1.82, 2.24) is 20.2 Å². The van der Waals surface area contributed by atoms with E-state index in [1.54, 1.807) is 24.3 Å². The summed E-state index contributed by atoms with van der Waals surface area (Å²) in [6, 6.07) is 17.6. The molecule has 0 aliphatic heterocycles. The van der Waals surface area contributed by atoms with E-state index >= 15 is 0 Å². The van der Waals surface area contributed by atoms with Gasteiger partial charge in [0.05, 0.1) is 25.4 Å². The molecule has 0 spiro atoms. The van der Waals surface area contributed by atoms with Gasteiger partial charge in [-0.3, -0.25) is 20.0 Å². The quantitative estimate of drug-likeness (QED) is 0.0374. The van der Waals surface area contributed by atoms with Gasteiger partial charge < -0.3 is 47.8 Å². The molecule has 1 aromatic heterocycles. The minimum absolute atomic E-state index is 0.0537. The standard InChI is InChI=1S/C38H49ClN8O7/c39-34-36(41)45-35(40)33(44-34)37(54)46-38(42)43-15-3-1-5-23-7-9-24(10-8-23)6-2-4-16-47(19-31(52)25-11-13-29(50)27(17-25)21-48)20-32(53)26-12-14-30(51)28(18-26)22-49/h7-14,17-18,31-32,48-53H,1-6,15-16,19-22H2,(H4,40,41,45)(H3,42,43,46,54)/t31-,32-/m1/s1. The Balaban J connectivity index is 1.24. The number of unbranched alkanes of at least 4 members (excludes halogenated alkanes) is 2. The number of nitrogens with one attached hydrogen (secondary N) is 1. The Hall–Kier alpha value is -5.03. The number of aromatic hydroxyl groups is 2. The van der Waals surface area contributed by atoms with Crippen LogP contribution in [0.15, 0.2) is 65.7 Å². The minimum atomic E-state index is -0.941. The summed E-state index contributed by atoms with van der Waals surface area (Å²) in [7, 11) is 0. The van der Waals surface area contributed by atoms with Crippen molar-refractivity contribution < 1.29 is 35.4 Å². The molecule has 0 saturated carbocycles. The molecule has 3 aromatic carbocycles. The second-order valence-corrected chi connectivity index (χ2v) is 13.3. The van der Waals surface area contributed by atoms with Crippen LogP contribution in [0, 0.1) is 0 Å². The number of halogens is 1. The summed E-state index contributed by atoms with van der Waals surface area (Å²) in [5, 5.41) is 63.5. The van der Waals surface area contributed by atoms with E-state index in [0.29, 0.717) is 35.3 Å². The smallest absolute Gasteiger partial charge is 0.280 e. The maximum Gasteiger partial charge on any atom is 0.280 e. The van der Waals surface area contributed by atoms with Gasteiger partial charge in [-0.15, -0.1) is 0 Å². The van der Waals surface area contributed by atoms with Crippen LogP contribution >= 0.6 is 11.6 Å². The van der Waals surface area contributed by atoms with Gasteiger partial charge in [-0.1, -0.05) is 48.0 Å². The van der Waals surface area contributed by atoms with E-state index in [9.17, 15) is 35.4 Å². The molecule has 0 aliphatic carbocycles. The number of guanidine groups is 1. The van der Waals surface area contributed by atoms with Crippen LogP contribution in [0.3, 0.4) is 0 Å². The summed E-state index contributed by atoms with van der Waals surface area (Å²) in [5.74, 6) is -1.12. The van der Waals surface area contributed by atoms with Crippen molar-refractivity contribution in [2.45, 2.75) is 63.9 Å². The number of aryl methyl sites for hydroxylation is 2. The number of aliphatic hydroxyl groups is 4. The van der Waals surface area contributed by atoms with Crippen LogP contribution in [-0.2, 0) is 26.1 Å². The van der Waals surface area contributed by atoms with Gasteiger partial charge in [0.2, 0.25) is 0 Å². The number of rotatable bonds is 19. The van der Waals surface area contributed by atoms with E-state index in [-0.39, 0.29) is 66.2 Å². The van der Waals surface area contributed by atoms with E-state index < -0.39 is 18.1 Å². The SMILES string of the molecule is NC(=NCCCCc1ccc(CCCCN(C[C@@H](O)c2ccc(O)c(CO)c2)C[C@@H](O)c2ccc(O)c(CO)c2)cc1)NC(=O)c1nc(Cl)c(N)nc1N. The number of nitrogens with zero attached hydrogens (tertiary/aromatic N) is 4. The zero-order chi connectivity index (χ0) is 39.2. The number of amides is 1. The second kappa shape index (κ2) is 20.4.